The van der Waals surface area contributed by atoms with Crippen LogP contribution in [0.15, 0.2) is 30.3 Å². The molecular weight excluding hydrogens is 474 g/mol. The number of anilines is 1. The van der Waals surface area contributed by atoms with Crippen LogP contribution in [0.25, 0.3) is 28.0 Å². The van der Waals surface area contributed by atoms with Crippen molar-refractivity contribution in [1.29, 1.82) is 0 Å². The van der Waals surface area contributed by atoms with Crippen LogP contribution in [0.4, 0.5) is 5.82 Å². The Morgan fingerprint density at radius 2 is 1.78 bits per heavy atom. The van der Waals surface area contributed by atoms with Gasteiger partial charge in [-0.2, -0.15) is 0 Å². The lowest BCUT2D eigenvalue weighted by molar-refractivity contribution is 0.0505. The van der Waals surface area contributed by atoms with E-state index >= 15 is 0 Å². The normalized spacial score (nSPS) is 11.1. The maximum Gasteiger partial charge on any atom is 0.342 e. The number of methoxy groups -OCH3 is 3. The fourth-order valence-corrected chi connectivity index (χ4v) is 4.67. The lowest BCUT2D eigenvalue weighted by Crippen LogP contribution is -2.09. The SMILES string of the molecule is COCOc1cccc(-c2nc(C)nc3c2c(C(=O)OC)c(N)n3-c2c(C)ccc(OC)c2C)c1CN. The van der Waals surface area contributed by atoms with Crippen molar-refractivity contribution >= 4 is 22.8 Å². The van der Waals surface area contributed by atoms with Crippen LogP contribution >= 0.6 is 0 Å². The van der Waals surface area contributed by atoms with Crippen molar-refractivity contribution < 1.29 is 23.7 Å². The van der Waals surface area contributed by atoms with Gasteiger partial charge in [-0.15, -0.1) is 0 Å². The average Bonchev–Trinajstić information content (AvgIpc) is 3.17. The third-order valence-electron chi connectivity index (χ3n) is 6.30. The van der Waals surface area contributed by atoms with Crippen molar-refractivity contribution in [2.75, 3.05) is 33.9 Å². The Hall–Kier alpha value is -4.15. The van der Waals surface area contributed by atoms with Gasteiger partial charge in [0.25, 0.3) is 0 Å². The highest BCUT2D eigenvalue weighted by Crippen LogP contribution is 2.41. The van der Waals surface area contributed by atoms with E-state index in [1.807, 2.05) is 38.1 Å². The van der Waals surface area contributed by atoms with Crippen LogP contribution < -0.4 is 20.9 Å². The standard InChI is InChI=1S/C27H31N5O5/c1-14-10-11-19(35-5)15(2)24(14)32-25(29)22(27(33)36-6)21-23(30-16(3)31-26(21)32)17-8-7-9-20(18(17)12-28)37-13-34-4/h7-11H,12-13,28-29H2,1-6H3. The van der Waals surface area contributed by atoms with E-state index in [-0.39, 0.29) is 24.7 Å². The first-order valence-corrected chi connectivity index (χ1v) is 11.6. The number of hydrogen-bond acceptors (Lipinski definition) is 9. The second-order valence-electron chi connectivity index (χ2n) is 8.50. The number of benzene rings is 2. The molecule has 0 spiro atoms. The largest absolute Gasteiger partial charge is 0.496 e. The summed E-state index contributed by atoms with van der Waals surface area (Å²) in [5, 5.41) is 0.454. The molecule has 194 valence electrons. The van der Waals surface area contributed by atoms with Crippen molar-refractivity contribution in [3.05, 3.63) is 58.4 Å². The van der Waals surface area contributed by atoms with Gasteiger partial charge in [-0.1, -0.05) is 18.2 Å². The van der Waals surface area contributed by atoms with Gasteiger partial charge in [0.2, 0.25) is 0 Å². The number of aryl methyl sites for hydroxylation is 2. The second kappa shape index (κ2) is 10.5. The minimum atomic E-state index is -0.603. The van der Waals surface area contributed by atoms with Gasteiger partial charge < -0.3 is 30.4 Å². The predicted molar refractivity (Wildman–Crippen MR) is 141 cm³/mol. The summed E-state index contributed by atoms with van der Waals surface area (Å²) >= 11 is 0. The fraction of sp³-hybridized carbons (Fsp3) is 0.296. The van der Waals surface area contributed by atoms with Gasteiger partial charge in [-0.25, -0.2) is 14.8 Å². The van der Waals surface area contributed by atoms with Gasteiger partial charge in [-0.05, 0) is 38.5 Å². The zero-order valence-electron chi connectivity index (χ0n) is 21.8. The van der Waals surface area contributed by atoms with Crippen molar-refractivity contribution in [1.82, 2.24) is 14.5 Å². The molecule has 10 nitrogen and oxygen atoms in total. The smallest absolute Gasteiger partial charge is 0.342 e. The second-order valence-corrected chi connectivity index (χ2v) is 8.50. The third-order valence-corrected chi connectivity index (χ3v) is 6.30. The molecular formula is C27H31N5O5. The number of carbonyl (C=O) groups excluding carboxylic acids is 1. The van der Waals surface area contributed by atoms with Gasteiger partial charge in [0.15, 0.2) is 12.4 Å². The van der Waals surface area contributed by atoms with E-state index in [0.29, 0.717) is 45.2 Å². The summed E-state index contributed by atoms with van der Waals surface area (Å²) in [6.45, 7) is 5.90. The molecule has 2 heterocycles. The molecule has 0 bridgehead atoms. The Balaban J connectivity index is 2.17. The highest BCUT2D eigenvalue weighted by atomic mass is 16.7. The molecule has 0 aliphatic rings. The first kappa shape index (κ1) is 25.9. The molecule has 0 radical (unpaired) electrons. The minimum Gasteiger partial charge on any atom is -0.496 e. The summed E-state index contributed by atoms with van der Waals surface area (Å²) in [6, 6.07) is 9.33. The monoisotopic (exact) mass is 505 g/mol. The molecule has 4 rings (SSSR count). The Labute approximate surface area is 215 Å². The summed E-state index contributed by atoms with van der Waals surface area (Å²) in [6.07, 6.45) is 0. The number of nitrogens with zero attached hydrogens (tertiary/aromatic N) is 3. The highest BCUT2D eigenvalue weighted by molar-refractivity contribution is 6.13. The molecule has 0 fully saturated rings. The lowest BCUT2D eigenvalue weighted by Gasteiger charge is -2.17. The van der Waals surface area contributed by atoms with E-state index in [4.69, 9.17) is 40.4 Å². The molecule has 2 aromatic heterocycles. The zero-order chi connectivity index (χ0) is 26.9. The van der Waals surface area contributed by atoms with Crippen LogP contribution in [0.5, 0.6) is 11.5 Å². The van der Waals surface area contributed by atoms with E-state index in [1.165, 1.54) is 7.11 Å². The van der Waals surface area contributed by atoms with Crippen molar-refractivity contribution in [3.63, 3.8) is 0 Å². The van der Waals surface area contributed by atoms with Crippen LogP contribution in [0.1, 0.15) is 32.9 Å². The van der Waals surface area contributed by atoms with Crippen molar-refractivity contribution in [2.24, 2.45) is 5.73 Å². The van der Waals surface area contributed by atoms with E-state index in [2.05, 4.69) is 0 Å². The molecule has 0 aliphatic heterocycles. The lowest BCUT2D eigenvalue weighted by atomic mass is 9.99. The first-order valence-electron chi connectivity index (χ1n) is 11.6. The summed E-state index contributed by atoms with van der Waals surface area (Å²) in [4.78, 5) is 22.6. The van der Waals surface area contributed by atoms with Gasteiger partial charge in [0.05, 0.1) is 31.0 Å². The predicted octanol–water partition coefficient (Wildman–Crippen LogP) is 3.83. The van der Waals surface area contributed by atoms with Gasteiger partial charge in [0, 0.05) is 30.3 Å². The minimum absolute atomic E-state index is 0.0554. The van der Waals surface area contributed by atoms with Gasteiger partial charge in [0.1, 0.15) is 28.7 Å². The van der Waals surface area contributed by atoms with E-state index in [9.17, 15) is 4.79 Å². The molecule has 0 saturated carbocycles. The Bertz CT molecular complexity index is 1500. The summed E-state index contributed by atoms with van der Waals surface area (Å²) in [7, 11) is 4.46. The summed E-state index contributed by atoms with van der Waals surface area (Å²) in [5.74, 6) is 1.30. The Kier molecular flexibility index (Phi) is 7.33. The number of aromatic nitrogens is 3. The quantitative estimate of drug-likeness (QED) is 0.270. The highest BCUT2D eigenvalue weighted by Gasteiger charge is 2.30. The Morgan fingerprint density at radius 3 is 2.43 bits per heavy atom. The molecule has 37 heavy (non-hydrogen) atoms. The summed E-state index contributed by atoms with van der Waals surface area (Å²) < 4.78 is 23.3. The molecule has 0 amide bonds. The molecule has 0 unspecified atom stereocenters. The van der Waals surface area contributed by atoms with Crippen LogP contribution in [0, 0.1) is 20.8 Å². The molecule has 4 aromatic rings. The number of carbonyl (C=O) groups is 1. The number of nitrogens with two attached hydrogens (primary N) is 2. The van der Waals surface area contributed by atoms with Crippen molar-refractivity contribution in [2.45, 2.75) is 27.3 Å². The number of ether oxygens (including phenoxy) is 4. The van der Waals surface area contributed by atoms with Gasteiger partial charge >= 0.3 is 5.97 Å². The van der Waals surface area contributed by atoms with Gasteiger partial charge in [-0.3, -0.25) is 4.57 Å². The summed E-state index contributed by atoms with van der Waals surface area (Å²) in [5.41, 5.74) is 17.9. The number of rotatable bonds is 8. The van der Waals surface area contributed by atoms with Crippen LogP contribution in [0.3, 0.4) is 0 Å². The third kappa shape index (κ3) is 4.34. The maximum absolute atomic E-state index is 13.2. The molecule has 10 heteroatoms. The molecule has 0 saturated heterocycles. The molecule has 0 aliphatic carbocycles. The van der Waals surface area contributed by atoms with Crippen LogP contribution in [-0.2, 0) is 16.0 Å². The molecule has 4 N–H and O–H groups in total. The van der Waals surface area contributed by atoms with Crippen LogP contribution in [0.2, 0.25) is 0 Å². The topological polar surface area (TPSA) is 137 Å². The maximum atomic E-state index is 13.2. The number of nitrogen functional groups attached to an aromatic ring is 1. The average molecular weight is 506 g/mol. The first-order chi connectivity index (χ1) is 17.8. The number of fused-ring (bicyclic) bond motifs is 1. The molecule has 2 aromatic carbocycles. The zero-order valence-corrected chi connectivity index (χ0v) is 21.8. The number of hydrogen-bond donors (Lipinski definition) is 2. The van der Waals surface area contributed by atoms with E-state index in [0.717, 1.165) is 16.8 Å². The van der Waals surface area contributed by atoms with Crippen LogP contribution in [-0.4, -0.2) is 48.6 Å². The fourth-order valence-electron chi connectivity index (χ4n) is 4.67. The van der Waals surface area contributed by atoms with Crippen molar-refractivity contribution in [3.8, 4) is 28.4 Å². The van der Waals surface area contributed by atoms with E-state index in [1.54, 1.807) is 31.8 Å². The number of esters is 1. The van der Waals surface area contributed by atoms with E-state index < -0.39 is 5.97 Å². The molecule has 0 atom stereocenters. The Morgan fingerprint density at radius 1 is 1.03 bits per heavy atom.